The summed E-state index contributed by atoms with van der Waals surface area (Å²) in [5, 5.41) is 25.6. The predicted octanol–water partition coefficient (Wildman–Crippen LogP) is 1.73. The van der Waals surface area contributed by atoms with Crippen LogP contribution in [0.4, 0.5) is 0 Å². The minimum absolute atomic E-state index is 0.225. The standard InChI is InChI=1S/C17H15N3O6/c1-8-16-12(15(23)14(19-8)17(24)18-7-11(21)22)13(20-26-16)9-3-5-10(25-2)6-4-9/h3-6,23H,7H2,1-2H3,(H,18,24)(H,21,22). The minimum atomic E-state index is -1.21. The number of aromatic nitrogens is 2. The second-order valence-corrected chi connectivity index (χ2v) is 5.43. The van der Waals surface area contributed by atoms with Crippen molar-refractivity contribution in [3.63, 3.8) is 0 Å². The number of carboxylic acid groups (broad SMARTS) is 1. The summed E-state index contributed by atoms with van der Waals surface area (Å²) in [6, 6.07) is 6.91. The Bertz CT molecular complexity index is 994. The number of pyridine rings is 1. The summed E-state index contributed by atoms with van der Waals surface area (Å²) in [7, 11) is 1.55. The van der Waals surface area contributed by atoms with Crippen LogP contribution >= 0.6 is 0 Å². The number of aliphatic carboxylic acids is 1. The van der Waals surface area contributed by atoms with E-state index in [9.17, 15) is 14.7 Å². The van der Waals surface area contributed by atoms with Gasteiger partial charge in [0, 0.05) is 5.56 Å². The summed E-state index contributed by atoms with van der Waals surface area (Å²) in [5.41, 5.74) is 1.25. The van der Waals surface area contributed by atoms with Gasteiger partial charge in [-0.1, -0.05) is 5.16 Å². The van der Waals surface area contributed by atoms with E-state index in [-0.39, 0.29) is 16.7 Å². The van der Waals surface area contributed by atoms with Gasteiger partial charge in [0.1, 0.15) is 18.0 Å². The largest absolute Gasteiger partial charge is 0.505 e. The van der Waals surface area contributed by atoms with Gasteiger partial charge in [0.2, 0.25) is 0 Å². The predicted molar refractivity (Wildman–Crippen MR) is 90.2 cm³/mol. The molecule has 0 unspecified atom stereocenters. The van der Waals surface area contributed by atoms with Crippen LogP contribution < -0.4 is 10.1 Å². The Morgan fingerprint density at radius 1 is 1.27 bits per heavy atom. The lowest BCUT2D eigenvalue weighted by Gasteiger charge is -2.07. The first-order chi connectivity index (χ1) is 12.4. The smallest absolute Gasteiger partial charge is 0.322 e. The van der Waals surface area contributed by atoms with Crippen LogP contribution in [0.1, 0.15) is 16.2 Å². The third-order valence-electron chi connectivity index (χ3n) is 3.74. The number of nitrogens with one attached hydrogen (secondary N) is 1. The van der Waals surface area contributed by atoms with Gasteiger partial charge in [-0.15, -0.1) is 0 Å². The number of fused-ring (bicyclic) bond motifs is 1. The number of rotatable bonds is 5. The van der Waals surface area contributed by atoms with Crippen molar-refractivity contribution in [2.75, 3.05) is 13.7 Å². The van der Waals surface area contributed by atoms with Gasteiger partial charge in [-0.25, -0.2) is 4.98 Å². The van der Waals surface area contributed by atoms with E-state index < -0.39 is 24.2 Å². The van der Waals surface area contributed by atoms with Crippen molar-refractivity contribution in [2.24, 2.45) is 0 Å². The van der Waals surface area contributed by atoms with E-state index >= 15 is 0 Å². The van der Waals surface area contributed by atoms with Crippen molar-refractivity contribution in [3.8, 4) is 22.8 Å². The molecule has 0 radical (unpaired) electrons. The van der Waals surface area contributed by atoms with Gasteiger partial charge in [0.25, 0.3) is 5.91 Å². The zero-order valence-electron chi connectivity index (χ0n) is 13.9. The third-order valence-corrected chi connectivity index (χ3v) is 3.74. The van der Waals surface area contributed by atoms with Crippen LogP contribution in [0.15, 0.2) is 28.8 Å². The summed E-state index contributed by atoms with van der Waals surface area (Å²) in [6.07, 6.45) is 0. The summed E-state index contributed by atoms with van der Waals surface area (Å²) in [6.45, 7) is 1.00. The number of benzene rings is 1. The number of nitrogens with zero attached hydrogens (tertiary/aromatic N) is 2. The number of aromatic hydroxyl groups is 1. The quantitative estimate of drug-likeness (QED) is 0.628. The fourth-order valence-electron chi connectivity index (χ4n) is 2.49. The fourth-order valence-corrected chi connectivity index (χ4v) is 2.49. The van der Waals surface area contributed by atoms with Gasteiger partial charge < -0.3 is 24.8 Å². The fraction of sp³-hybridized carbons (Fsp3) is 0.176. The van der Waals surface area contributed by atoms with Crippen molar-refractivity contribution in [3.05, 3.63) is 35.7 Å². The van der Waals surface area contributed by atoms with Crippen LogP contribution in [-0.2, 0) is 4.79 Å². The number of carboxylic acids is 1. The Labute approximate surface area is 147 Å². The zero-order valence-corrected chi connectivity index (χ0v) is 13.9. The molecule has 3 rings (SSSR count). The summed E-state index contributed by atoms with van der Waals surface area (Å²) in [4.78, 5) is 26.8. The highest BCUT2D eigenvalue weighted by Crippen LogP contribution is 2.37. The monoisotopic (exact) mass is 357 g/mol. The Morgan fingerprint density at radius 3 is 2.58 bits per heavy atom. The molecule has 1 aromatic carbocycles. The van der Waals surface area contributed by atoms with Crippen molar-refractivity contribution >= 4 is 22.8 Å². The van der Waals surface area contributed by atoms with Crippen LogP contribution in [0.2, 0.25) is 0 Å². The molecule has 134 valence electrons. The molecule has 0 bridgehead atoms. The molecular weight excluding hydrogens is 342 g/mol. The van der Waals surface area contributed by atoms with Gasteiger partial charge in [-0.2, -0.15) is 0 Å². The first kappa shape index (κ1) is 17.2. The van der Waals surface area contributed by atoms with Gasteiger partial charge >= 0.3 is 5.97 Å². The van der Waals surface area contributed by atoms with E-state index in [4.69, 9.17) is 14.4 Å². The average Bonchev–Trinajstić information content (AvgIpc) is 3.08. The van der Waals surface area contributed by atoms with E-state index in [1.165, 1.54) is 0 Å². The lowest BCUT2D eigenvalue weighted by molar-refractivity contribution is -0.135. The molecule has 2 heterocycles. The molecule has 0 spiro atoms. The normalized spacial score (nSPS) is 10.7. The highest BCUT2D eigenvalue weighted by atomic mass is 16.5. The Kier molecular flexibility index (Phi) is 4.44. The van der Waals surface area contributed by atoms with Crippen molar-refractivity contribution in [1.82, 2.24) is 15.5 Å². The van der Waals surface area contributed by atoms with E-state index in [2.05, 4.69) is 15.5 Å². The lowest BCUT2D eigenvalue weighted by Crippen LogP contribution is -2.30. The van der Waals surface area contributed by atoms with Gasteiger partial charge in [0.15, 0.2) is 17.0 Å². The van der Waals surface area contributed by atoms with Gasteiger partial charge in [-0.3, -0.25) is 9.59 Å². The lowest BCUT2D eigenvalue weighted by atomic mass is 10.1. The molecule has 0 saturated carbocycles. The molecule has 0 aliphatic rings. The highest BCUT2D eigenvalue weighted by Gasteiger charge is 2.24. The average molecular weight is 357 g/mol. The number of carbonyl (C=O) groups excluding carboxylic acids is 1. The number of methoxy groups -OCH3 is 1. The van der Waals surface area contributed by atoms with Crippen molar-refractivity contribution < 1.29 is 29.1 Å². The number of carbonyl (C=O) groups is 2. The van der Waals surface area contributed by atoms with Crippen LogP contribution in [-0.4, -0.2) is 45.9 Å². The van der Waals surface area contributed by atoms with E-state index in [0.717, 1.165) is 0 Å². The topological polar surface area (TPSA) is 135 Å². The number of amides is 1. The Hall–Kier alpha value is -3.62. The van der Waals surface area contributed by atoms with E-state index in [1.807, 2.05) is 0 Å². The number of hydrogen-bond donors (Lipinski definition) is 3. The molecule has 9 heteroatoms. The summed E-state index contributed by atoms with van der Waals surface area (Å²) in [5.74, 6) is -1.80. The van der Waals surface area contributed by atoms with Crippen LogP contribution in [0.5, 0.6) is 11.5 Å². The second kappa shape index (κ2) is 6.71. The van der Waals surface area contributed by atoms with Crippen LogP contribution in [0.25, 0.3) is 22.2 Å². The van der Waals surface area contributed by atoms with Crippen molar-refractivity contribution in [2.45, 2.75) is 6.92 Å². The SMILES string of the molecule is COc1ccc(-c2noc3c(C)nc(C(=O)NCC(=O)O)c(O)c23)cc1. The first-order valence-electron chi connectivity index (χ1n) is 7.55. The molecule has 26 heavy (non-hydrogen) atoms. The molecule has 0 saturated heterocycles. The molecule has 2 aromatic heterocycles. The number of hydrogen-bond acceptors (Lipinski definition) is 7. The molecule has 0 aliphatic heterocycles. The Balaban J connectivity index is 2.11. The van der Waals surface area contributed by atoms with Crippen molar-refractivity contribution in [1.29, 1.82) is 0 Å². The van der Waals surface area contributed by atoms with Crippen LogP contribution in [0.3, 0.4) is 0 Å². The highest BCUT2D eigenvalue weighted by molar-refractivity contribution is 6.05. The van der Waals surface area contributed by atoms with E-state index in [1.54, 1.807) is 38.3 Å². The molecule has 9 nitrogen and oxygen atoms in total. The molecule has 3 aromatic rings. The maximum absolute atomic E-state index is 12.2. The summed E-state index contributed by atoms with van der Waals surface area (Å²) < 4.78 is 10.4. The third kappa shape index (κ3) is 3.02. The second-order valence-electron chi connectivity index (χ2n) is 5.43. The maximum atomic E-state index is 12.2. The molecule has 0 fully saturated rings. The molecule has 0 aliphatic carbocycles. The number of ether oxygens (including phenoxy) is 1. The van der Waals surface area contributed by atoms with Crippen LogP contribution in [0, 0.1) is 6.92 Å². The van der Waals surface area contributed by atoms with E-state index in [0.29, 0.717) is 22.7 Å². The zero-order chi connectivity index (χ0) is 18.8. The molecule has 0 atom stereocenters. The van der Waals surface area contributed by atoms with Gasteiger partial charge in [0.05, 0.1) is 18.2 Å². The molecule has 3 N–H and O–H groups in total. The summed E-state index contributed by atoms with van der Waals surface area (Å²) >= 11 is 0. The number of aryl methyl sites for hydroxylation is 1. The first-order valence-corrected chi connectivity index (χ1v) is 7.55. The minimum Gasteiger partial charge on any atom is -0.505 e. The molecular formula is C17H15N3O6. The Morgan fingerprint density at radius 2 is 1.96 bits per heavy atom. The maximum Gasteiger partial charge on any atom is 0.322 e. The molecule has 1 amide bonds. The van der Waals surface area contributed by atoms with Gasteiger partial charge in [-0.05, 0) is 31.2 Å².